The number of aldehydes is 1. The zero-order chi connectivity index (χ0) is 13.0. The van der Waals surface area contributed by atoms with Gasteiger partial charge in [0.25, 0.3) is 0 Å². The van der Waals surface area contributed by atoms with Gasteiger partial charge in [0.15, 0.2) is 6.29 Å². The molecule has 0 unspecified atom stereocenters. The molecule has 0 radical (unpaired) electrons. The summed E-state index contributed by atoms with van der Waals surface area (Å²) in [6.45, 7) is 2.33. The van der Waals surface area contributed by atoms with Crippen LogP contribution in [0.2, 0.25) is 5.02 Å². The van der Waals surface area contributed by atoms with Gasteiger partial charge in [0, 0.05) is 5.02 Å². The van der Waals surface area contributed by atoms with E-state index in [9.17, 15) is 4.79 Å². The second-order valence-electron chi connectivity index (χ2n) is 4.08. The SMILES string of the molecule is Cc1ccc(OCc2cccc(Cl)c2)c(C=O)c1. The van der Waals surface area contributed by atoms with Crippen molar-refractivity contribution >= 4 is 17.9 Å². The van der Waals surface area contributed by atoms with Gasteiger partial charge >= 0.3 is 0 Å². The maximum atomic E-state index is 10.9. The number of aryl methyl sites for hydroxylation is 1. The molecule has 0 saturated heterocycles. The summed E-state index contributed by atoms with van der Waals surface area (Å²) in [7, 11) is 0. The molecule has 18 heavy (non-hydrogen) atoms. The number of benzene rings is 2. The maximum Gasteiger partial charge on any atom is 0.153 e. The Morgan fingerprint density at radius 1 is 1.22 bits per heavy atom. The lowest BCUT2D eigenvalue weighted by Crippen LogP contribution is -1.98. The molecule has 0 heterocycles. The lowest BCUT2D eigenvalue weighted by molar-refractivity contribution is 0.111. The van der Waals surface area contributed by atoms with Gasteiger partial charge in [-0.3, -0.25) is 4.79 Å². The van der Waals surface area contributed by atoms with Crippen molar-refractivity contribution in [2.75, 3.05) is 0 Å². The highest BCUT2D eigenvalue weighted by Crippen LogP contribution is 2.20. The van der Waals surface area contributed by atoms with Gasteiger partial charge in [-0.15, -0.1) is 0 Å². The molecule has 0 spiro atoms. The minimum absolute atomic E-state index is 0.393. The minimum atomic E-state index is 0.393. The summed E-state index contributed by atoms with van der Waals surface area (Å²) in [5.74, 6) is 0.593. The molecule has 2 rings (SSSR count). The van der Waals surface area contributed by atoms with Crippen molar-refractivity contribution in [2.45, 2.75) is 13.5 Å². The molecule has 0 aliphatic rings. The van der Waals surface area contributed by atoms with Crippen molar-refractivity contribution in [1.29, 1.82) is 0 Å². The van der Waals surface area contributed by atoms with Crippen LogP contribution in [0.5, 0.6) is 5.75 Å². The molecule has 0 saturated carbocycles. The van der Waals surface area contributed by atoms with E-state index in [0.717, 1.165) is 17.4 Å². The summed E-state index contributed by atoms with van der Waals surface area (Å²) < 4.78 is 5.63. The number of carbonyl (C=O) groups excluding carboxylic acids is 1. The van der Waals surface area contributed by atoms with Crippen LogP contribution in [0.1, 0.15) is 21.5 Å². The molecule has 0 aliphatic carbocycles. The van der Waals surface area contributed by atoms with Crippen LogP contribution in [0, 0.1) is 6.92 Å². The van der Waals surface area contributed by atoms with Gasteiger partial charge in [0.2, 0.25) is 0 Å². The van der Waals surface area contributed by atoms with Crippen LogP contribution in [-0.2, 0) is 6.61 Å². The van der Waals surface area contributed by atoms with Crippen LogP contribution in [0.4, 0.5) is 0 Å². The molecule has 3 heteroatoms. The fourth-order valence-corrected chi connectivity index (χ4v) is 1.89. The third-order valence-electron chi connectivity index (χ3n) is 2.58. The number of hydrogen-bond acceptors (Lipinski definition) is 2. The first-order chi connectivity index (χ1) is 8.69. The number of ether oxygens (including phenoxy) is 1. The molecule has 2 nitrogen and oxygen atoms in total. The van der Waals surface area contributed by atoms with Gasteiger partial charge in [-0.05, 0) is 36.8 Å². The van der Waals surface area contributed by atoms with Crippen LogP contribution in [0.25, 0.3) is 0 Å². The van der Waals surface area contributed by atoms with Gasteiger partial charge in [-0.1, -0.05) is 35.4 Å². The van der Waals surface area contributed by atoms with E-state index in [-0.39, 0.29) is 0 Å². The first kappa shape index (κ1) is 12.7. The topological polar surface area (TPSA) is 26.3 Å². The molecule has 0 aromatic heterocycles. The van der Waals surface area contributed by atoms with Gasteiger partial charge in [-0.25, -0.2) is 0 Å². The van der Waals surface area contributed by atoms with Crippen molar-refractivity contribution < 1.29 is 9.53 Å². The second-order valence-corrected chi connectivity index (χ2v) is 4.51. The standard InChI is InChI=1S/C15H13ClO2/c1-11-5-6-15(13(7-11)9-17)18-10-12-3-2-4-14(16)8-12/h2-9H,10H2,1H3. The summed E-state index contributed by atoms with van der Waals surface area (Å²) >= 11 is 5.89. The molecule has 0 amide bonds. The highest BCUT2D eigenvalue weighted by atomic mass is 35.5. The predicted octanol–water partition coefficient (Wildman–Crippen LogP) is 4.04. The Labute approximate surface area is 111 Å². The minimum Gasteiger partial charge on any atom is -0.488 e. The fraction of sp³-hybridized carbons (Fsp3) is 0.133. The van der Waals surface area contributed by atoms with Gasteiger partial charge in [0.05, 0.1) is 5.56 Å². The number of hydrogen-bond donors (Lipinski definition) is 0. The van der Waals surface area contributed by atoms with Crippen LogP contribution >= 0.6 is 11.6 Å². The fourth-order valence-electron chi connectivity index (χ4n) is 1.68. The third-order valence-corrected chi connectivity index (χ3v) is 2.81. The Hall–Kier alpha value is -1.80. The average Bonchev–Trinajstić information content (AvgIpc) is 2.37. The van der Waals surface area contributed by atoms with Gasteiger partial charge in [-0.2, -0.15) is 0 Å². The van der Waals surface area contributed by atoms with Crippen molar-refractivity contribution in [3.63, 3.8) is 0 Å². The van der Waals surface area contributed by atoms with E-state index in [1.165, 1.54) is 0 Å². The van der Waals surface area contributed by atoms with Crippen LogP contribution < -0.4 is 4.74 Å². The van der Waals surface area contributed by atoms with E-state index in [2.05, 4.69) is 0 Å². The Morgan fingerprint density at radius 3 is 2.78 bits per heavy atom. The van der Waals surface area contributed by atoms with Gasteiger partial charge < -0.3 is 4.74 Å². The number of halogens is 1. The summed E-state index contributed by atoms with van der Waals surface area (Å²) in [6.07, 6.45) is 0.806. The van der Waals surface area contributed by atoms with Crippen molar-refractivity contribution in [3.05, 3.63) is 64.2 Å². The molecule has 0 fully saturated rings. The highest BCUT2D eigenvalue weighted by molar-refractivity contribution is 6.30. The maximum absolute atomic E-state index is 10.9. The lowest BCUT2D eigenvalue weighted by atomic mass is 10.1. The van der Waals surface area contributed by atoms with Crippen LogP contribution in [-0.4, -0.2) is 6.29 Å². The largest absolute Gasteiger partial charge is 0.488 e. The van der Waals surface area contributed by atoms with E-state index in [4.69, 9.17) is 16.3 Å². The Balaban J connectivity index is 2.13. The first-order valence-corrected chi connectivity index (χ1v) is 6.00. The Morgan fingerprint density at radius 2 is 2.06 bits per heavy atom. The van der Waals surface area contributed by atoms with Crippen LogP contribution in [0.15, 0.2) is 42.5 Å². The zero-order valence-electron chi connectivity index (χ0n) is 10.0. The Kier molecular flexibility index (Phi) is 4.00. The van der Waals surface area contributed by atoms with Gasteiger partial charge in [0.1, 0.15) is 12.4 Å². The summed E-state index contributed by atoms with van der Waals surface area (Å²) in [5, 5.41) is 0.676. The van der Waals surface area contributed by atoms with E-state index in [1.807, 2.05) is 43.3 Å². The summed E-state index contributed by atoms with van der Waals surface area (Å²) in [5.41, 5.74) is 2.57. The van der Waals surface area contributed by atoms with E-state index < -0.39 is 0 Å². The Bertz CT molecular complexity index is 564. The highest BCUT2D eigenvalue weighted by Gasteiger charge is 2.03. The number of rotatable bonds is 4. The second kappa shape index (κ2) is 5.69. The predicted molar refractivity (Wildman–Crippen MR) is 72.4 cm³/mol. The molecule has 2 aromatic carbocycles. The monoisotopic (exact) mass is 260 g/mol. The molecule has 92 valence electrons. The molecule has 0 bridgehead atoms. The summed E-state index contributed by atoms with van der Waals surface area (Å²) in [4.78, 5) is 10.9. The quantitative estimate of drug-likeness (QED) is 0.776. The molecule has 2 aromatic rings. The molecule has 0 aliphatic heterocycles. The molecular formula is C15H13ClO2. The van der Waals surface area contributed by atoms with Crippen molar-refractivity contribution in [2.24, 2.45) is 0 Å². The van der Waals surface area contributed by atoms with Crippen LogP contribution in [0.3, 0.4) is 0 Å². The first-order valence-electron chi connectivity index (χ1n) is 5.62. The smallest absolute Gasteiger partial charge is 0.153 e. The lowest BCUT2D eigenvalue weighted by Gasteiger charge is -2.09. The zero-order valence-corrected chi connectivity index (χ0v) is 10.8. The molecular weight excluding hydrogens is 248 g/mol. The van der Waals surface area contributed by atoms with E-state index >= 15 is 0 Å². The third kappa shape index (κ3) is 3.11. The average molecular weight is 261 g/mol. The summed E-state index contributed by atoms with van der Waals surface area (Å²) in [6, 6.07) is 13.0. The normalized spacial score (nSPS) is 10.1. The van der Waals surface area contributed by atoms with E-state index in [0.29, 0.717) is 22.9 Å². The molecule has 0 N–H and O–H groups in total. The van der Waals surface area contributed by atoms with Crippen molar-refractivity contribution in [1.82, 2.24) is 0 Å². The van der Waals surface area contributed by atoms with Crippen molar-refractivity contribution in [3.8, 4) is 5.75 Å². The number of carbonyl (C=O) groups is 1. The van der Waals surface area contributed by atoms with E-state index in [1.54, 1.807) is 6.07 Å². The molecule has 0 atom stereocenters.